The van der Waals surface area contributed by atoms with Crippen LogP contribution in [0, 0.1) is 5.82 Å². The summed E-state index contributed by atoms with van der Waals surface area (Å²) in [6.07, 6.45) is 6.11. The molecular formula is C9H7ClFN3. The van der Waals surface area contributed by atoms with Crippen LogP contribution in [0.3, 0.4) is 0 Å². The third kappa shape index (κ3) is 1.61. The first-order valence-corrected chi connectivity index (χ1v) is 4.53. The standard InChI is InChI=1S/C9H7ClFN3/c10-4-7-3-8(11)5-13-9(7)14-2-1-12-6-14/h1-3,5-6H,4H2. The van der Waals surface area contributed by atoms with Gasteiger partial charge in [-0.3, -0.25) is 4.57 Å². The van der Waals surface area contributed by atoms with Gasteiger partial charge in [-0.15, -0.1) is 11.6 Å². The molecule has 0 saturated heterocycles. The van der Waals surface area contributed by atoms with Crippen LogP contribution >= 0.6 is 11.6 Å². The van der Waals surface area contributed by atoms with Crippen molar-refractivity contribution in [1.29, 1.82) is 0 Å². The van der Waals surface area contributed by atoms with E-state index in [1.165, 1.54) is 6.07 Å². The first kappa shape index (κ1) is 9.15. The van der Waals surface area contributed by atoms with E-state index in [9.17, 15) is 4.39 Å². The average molecular weight is 212 g/mol. The number of alkyl halides is 1. The second-order valence-corrected chi connectivity index (χ2v) is 3.01. The Bertz CT molecular complexity index is 428. The number of halogens is 2. The highest BCUT2D eigenvalue weighted by atomic mass is 35.5. The molecule has 2 aromatic rings. The zero-order valence-electron chi connectivity index (χ0n) is 7.19. The molecule has 2 aromatic heterocycles. The van der Waals surface area contributed by atoms with Crippen molar-refractivity contribution in [1.82, 2.24) is 14.5 Å². The maximum Gasteiger partial charge on any atom is 0.142 e. The molecule has 0 saturated carbocycles. The molecule has 0 unspecified atom stereocenters. The Hall–Kier alpha value is -1.42. The van der Waals surface area contributed by atoms with Crippen molar-refractivity contribution in [3.63, 3.8) is 0 Å². The summed E-state index contributed by atoms with van der Waals surface area (Å²) in [4.78, 5) is 7.84. The summed E-state index contributed by atoms with van der Waals surface area (Å²) in [6.45, 7) is 0. The highest BCUT2D eigenvalue weighted by Crippen LogP contribution is 2.14. The minimum atomic E-state index is -0.385. The molecule has 0 aliphatic carbocycles. The van der Waals surface area contributed by atoms with Gasteiger partial charge >= 0.3 is 0 Å². The van der Waals surface area contributed by atoms with Crippen LogP contribution in [-0.2, 0) is 5.88 Å². The predicted molar refractivity (Wildman–Crippen MR) is 50.9 cm³/mol. The number of hydrogen-bond donors (Lipinski definition) is 0. The number of aromatic nitrogens is 3. The molecular weight excluding hydrogens is 205 g/mol. The molecule has 0 amide bonds. The van der Waals surface area contributed by atoms with E-state index in [0.717, 1.165) is 6.20 Å². The van der Waals surface area contributed by atoms with E-state index in [4.69, 9.17) is 11.6 Å². The second-order valence-electron chi connectivity index (χ2n) is 2.74. The van der Waals surface area contributed by atoms with Crippen LogP contribution in [-0.4, -0.2) is 14.5 Å². The first-order valence-electron chi connectivity index (χ1n) is 4.00. The lowest BCUT2D eigenvalue weighted by Gasteiger charge is -2.05. The van der Waals surface area contributed by atoms with E-state index in [0.29, 0.717) is 11.4 Å². The fourth-order valence-corrected chi connectivity index (χ4v) is 1.39. The molecule has 0 N–H and O–H groups in total. The molecule has 5 heteroatoms. The SMILES string of the molecule is Fc1cnc(-n2ccnc2)c(CCl)c1. The quantitative estimate of drug-likeness (QED) is 0.713. The number of pyridine rings is 1. The topological polar surface area (TPSA) is 30.7 Å². The van der Waals surface area contributed by atoms with Crippen LogP contribution in [0.4, 0.5) is 4.39 Å². The second kappa shape index (κ2) is 3.75. The van der Waals surface area contributed by atoms with Gasteiger partial charge in [-0.05, 0) is 6.07 Å². The lowest BCUT2D eigenvalue weighted by Crippen LogP contribution is -2.00. The van der Waals surface area contributed by atoms with Crippen LogP contribution < -0.4 is 0 Å². The van der Waals surface area contributed by atoms with Crippen LogP contribution in [0.25, 0.3) is 5.82 Å². The van der Waals surface area contributed by atoms with Crippen molar-refractivity contribution in [3.05, 3.63) is 42.4 Å². The van der Waals surface area contributed by atoms with Gasteiger partial charge in [0.2, 0.25) is 0 Å². The molecule has 0 radical (unpaired) electrons. The summed E-state index contributed by atoms with van der Waals surface area (Å²) in [5, 5.41) is 0. The molecule has 72 valence electrons. The van der Waals surface area contributed by atoms with E-state index in [-0.39, 0.29) is 11.7 Å². The Kier molecular flexibility index (Phi) is 2.45. The average Bonchev–Trinajstić information content (AvgIpc) is 2.70. The van der Waals surface area contributed by atoms with E-state index in [1.807, 2.05) is 0 Å². The molecule has 0 atom stereocenters. The van der Waals surface area contributed by atoms with E-state index >= 15 is 0 Å². The van der Waals surface area contributed by atoms with Gasteiger partial charge in [0.05, 0.1) is 12.1 Å². The van der Waals surface area contributed by atoms with Crippen molar-refractivity contribution >= 4 is 11.6 Å². The van der Waals surface area contributed by atoms with Crippen molar-refractivity contribution in [3.8, 4) is 5.82 Å². The van der Waals surface area contributed by atoms with Crippen molar-refractivity contribution in [2.75, 3.05) is 0 Å². The van der Waals surface area contributed by atoms with Crippen LogP contribution in [0.5, 0.6) is 0 Å². The molecule has 14 heavy (non-hydrogen) atoms. The van der Waals surface area contributed by atoms with Gasteiger partial charge in [0.25, 0.3) is 0 Å². The van der Waals surface area contributed by atoms with E-state index in [1.54, 1.807) is 23.3 Å². The van der Waals surface area contributed by atoms with Gasteiger partial charge in [0.1, 0.15) is 18.0 Å². The molecule has 3 nitrogen and oxygen atoms in total. The summed E-state index contributed by atoms with van der Waals surface area (Å²) in [5.41, 5.74) is 0.643. The van der Waals surface area contributed by atoms with Crippen molar-refractivity contribution in [2.45, 2.75) is 5.88 Å². The predicted octanol–water partition coefficient (Wildman–Crippen LogP) is 2.15. The van der Waals surface area contributed by atoms with E-state index in [2.05, 4.69) is 9.97 Å². The fraction of sp³-hybridized carbons (Fsp3) is 0.111. The highest BCUT2D eigenvalue weighted by Gasteiger charge is 2.06. The first-order chi connectivity index (χ1) is 6.81. The molecule has 0 aromatic carbocycles. The monoisotopic (exact) mass is 211 g/mol. The Morgan fingerprint density at radius 2 is 2.36 bits per heavy atom. The summed E-state index contributed by atoms with van der Waals surface area (Å²) in [6, 6.07) is 1.37. The molecule has 2 rings (SSSR count). The van der Waals surface area contributed by atoms with Crippen molar-refractivity contribution in [2.24, 2.45) is 0 Å². The Morgan fingerprint density at radius 1 is 1.50 bits per heavy atom. The van der Waals surface area contributed by atoms with Gasteiger partial charge in [0.15, 0.2) is 0 Å². The minimum Gasteiger partial charge on any atom is -0.290 e. The van der Waals surface area contributed by atoms with Gasteiger partial charge in [-0.2, -0.15) is 0 Å². The number of rotatable bonds is 2. The third-order valence-corrected chi connectivity index (χ3v) is 2.09. The smallest absolute Gasteiger partial charge is 0.142 e. The third-order valence-electron chi connectivity index (χ3n) is 1.80. The zero-order chi connectivity index (χ0) is 9.97. The summed E-state index contributed by atoms with van der Waals surface area (Å²) >= 11 is 5.68. The minimum absolute atomic E-state index is 0.221. The molecule has 0 spiro atoms. The normalized spacial score (nSPS) is 10.4. The van der Waals surface area contributed by atoms with Gasteiger partial charge in [-0.25, -0.2) is 14.4 Å². The summed E-state index contributed by atoms with van der Waals surface area (Å²) < 4.78 is 14.5. The van der Waals surface area contributed by atoms with Crippen molar-refractivity contribution < 1.29 is 4.39 Å². The van der Waals surface area contributed by atoms with Gasteiger partial charge in [0, 0.05) is 18.0 Å². The highest BCUT2D eigenvalue weighted by molar-refractivity contribution is 6.17. The molecule has 0 bridgehead atoms. The summed E-state index contributed by atoms with van der Waals surface area (Å²) in [7, 11) is 0. The Morgan fingerprint density at radius 3 is 3.00 bits per heavy atom. The van der Waals surface area contributed by atoms with Crippen LogP contribution in [0.2, 0.25) is 0 Å². The molecule has 0 aliphatic rings. The van der Waals surface area contributed by atoms with Crippen LogP contribution in [0.15, 0.2) is 31.0 Å². The fourth-order valence-electron chi connectivity index (χ4n) is 1.19. The van der Waals surface area contributed by atoms with E-state index < -0.39 is 0 Å². The Balaban J connectivity index is 2.53. The van der Waals surface area contributed by atoms with Crippen LogP contribution in [0.1, 0.15) is 5.56 Å². The zero-order valence-corrected chi connectivity index (χ0v) is 7.95. The van der Waals surface area contributed by atoms with Gasteiger partial charge < -0.3 is 0 Å². The van der Waals surface area contributed by atoms with Gasteiger partial charge in [-0.1, -0.05) is 0 Å². The number of hydrogen-bond acceptors (Lipinski definition) is 2. The summed E-state index contributed by atoms with van der Waals surface area (Å²) in [5.74, 6) is 0.446. The maximum absolute atomic E-state index is 12.8. The molecule has 2 heterocycles. The maximum atomic E-state index is 12.8. The lowest BCUT2D eigenvalue weighted by molar-refractivity contribution is 0.618. The largest absolute Gasteiger partial charge is 0.290 e. The molecule has 0 aliphatic heterocycles. The lowest BCUT2D eigenvalue weighted by atomic mass is 10.3. The number of imidazole rings is 1. The molecule has 0 fully saturated rings. The Labute approximate surface area is 85.2 Å². The number of nitrogens with zero attached hydrogens (tertiary/aromatic N) is 3.